The maximum absolute atomic E-state index is 11.5. The average Bonchev–Trinajstić information content (AvgIpc) is 2.89. The summed E-state index contributed by atoms with van der Waals surface area (Å²) in [4.78, 5) is 12.6. The molecule has 1 N–H and O–H groups in total. The van der Waals surface area contributed by atoms with Crippen molar-refractivity contribution in [1.29, 1.82) is 0 Å². The highest BCUT2D eigenvalue weighted by atomic mass is 32.1. The Morgan fingerprint density at radius 3 is 2.72 bits per heavy atom. The lowest BCUT2D eigenvalue weighted by Crippen LogP contribution is -2.24. The van der Waals surface area contributed by atoms with Crippen LogP contribution >= 0.6 is 11.3 Å². The van der Waals surface area contributed by atoms with Gasteiger partial charge in [0.2, 0.25) is 5.91 Å². The van der Waals surface area contributed by atoms with Crippen LogP contribution in [0.1, 0.15) is 10.4 Å². The Kier molecular flexibility index (Phi) is 4.57. The second kappa shape index (κ2) is 6.63. The van der Waals surface area contributed by atoms with Crippen LogP contribution in [0.2, 0.25) is 0 Å². The highest BCUT2D eigenvalue weighted by Gasteiger charge is 2.01. The van der Waals surface area contributed by atoms with Crippen LogP contribution in [0.15, 0.2) is 47.8 Å². The zero-order valence-electron chi connectivity index (χ0n) is 9.85. The summed E-state index contributed by atoms with van der Waals surface area (Å²) in [5.74, 6) is 5.94. The molecule has 0 spiro atoms. The molecule has 0 aliphatic carbocycles. The van der Waals surface area contributed by atoms with Gasteiger partial charge in [0.25, 0.3) is 0 Å². The van der Waals surface area contributed by atoms with Gasteiger partial charge in [-0.25, -0.2) is 0 Å². The molecule has 0 radical (unpaired) electrons. The van der Waals surface area contributed by atoms with E-state index in [4.69, 9.17) is 0 Å². The Morgan fingerprint density at radius 1 is 1.17 bits per heavy atom. The SMILES string of the molecule is O=C(Cc1cccs1)NCC#Cc1ccccc1. The van der Waals surface area contributed by atoms with Gasteiger partial charge in [0.1, 0.15) is 0 Å². The van der Waals surface area contributed by atoms with E-state index in [0.29, 0.717) is 13.0 Å². The molecule has 0 atom stereocenters. The van der Waals surface area contributed by atoms with Gasteiger partial charge >= 0.3 is 0 Å². The Hall–Kier alpha value is -2.05. The van der Waals surface area contributed by atoms with Crippen molar-refractivity contribution in [2.24, 2.45) is 0 Å². The number of nitrogens with one attached hydrogen (secondary N) is 1. The van der Waals surface area contributed by atoms with E-state index in [9.17, 15) is 4.79 Å². The quantitative estimate of drug-likeness (QED) is 0.839. The minimum Gasteiger partial charge on any atom is -0.345 e. The molecule has 0 bridgehead atoms. The van der Waals surface area contributed by atoms with Crippen molar-refractivity contribution in [3.63, 3.8) is 0 Å². The molecule has 1 amide bonds. The Bertz CT molecular complexity index is 549. The van der Waals surface area contributed by atoms with Crippen molar-refractivity contribution in [1.82, 2.24) is 5.32 Å². The third-order valence-corrected chi connectivity index (χ3v) is 3.17. The summed E-state index contributed by atoms with van der Waals surface area (Å²) in [5.41, 5.74) is 0.963. The molecule has 0 aliphatic heterocycles. The number of carbonyl (C=O) groups is 1. The molecule has 1 aromatic heterocycles. The number of hydrogen-bond donors (Lipinski definition) is 1. The van der Waals surface area contributed by atoms with Crippen LogP contribution in [0.3, 0.4) is 0 Å². The van der Waals surface area contributed by atoms with Gasteiger partial charge in [0.15, 0.2) is 0 Å². The van der Waals surface area contributed by atoms with Crippen molar-refractivity contribution in [3.8, 4) is 11.8 Å². The molecule has 0 fully saturated rings. The predicted molar refractivity (Wildman–Crippen MR) is 74.4 cm³/mol. The first-order valence-electron chi connectivity index (χ1n) is 5.67. The maximum Gasteiger partial charge on any atom is 0.226 e. The normalized spacial score (nSPS) is 9.33. The Balaban J connectivity index is 1.76. The number of benzene rings is 1. The van der Waals surface area contributed by atoms with Gasteiger partial charge in [-0.15, -0.1) is 11.3 Å². The third-order valence-electron chi connectivity index (χ3n) is 2.30. The van der Waals surface area contributed by atoms with Crippen molar-refractivity contribution >= 4 is 17.2 Å². The van der Waals surface area contributed by atoms with Gasteiger partial charge in [-0.3, -0.25) is 4.79 Å². The van der Waals surface area contributed by atoms with E-state index < -0.39 is 0 Å². The highest BCUT2D eigenvalue weighted by molar-refractivity contribution is 7.10. The molecule has 0 unspecified atom stereocenters. The molecular weight excluding hydrogens is 242 g/mol. The largest absolute Gasteiger partial charge is 0.345 e. The molecule has 0 saturated heterocycles. The van der Waals surface area contributed by atoms with Crippen LogP contribution in [0, 0.1) is 11.8 Å². The fraction of sp³-hybridized carbons (Fsp3) is 0.133. The molecule has 2 nitrogen and oxygen atoms in total. The van der Waals surface area contributed by atoms with Crippen LogP contribution in [-0.4, -0.2) is 12.5 Å². The standard InChI is InChI=1S/C15H13NOS/c17-15(12-14-9-5-11-18-14)16-10-4-8-13-6-2-1-3-7-13/h1-3,5-7,9,11H,10,12H2,(H,16,17). The van der Waals surface area contributed by atoms with Crippen molar-refractivity contribution in [2.45, 2.75) is 6.42 Å². The number of thiophene rings is 1. The van der Waals surface area contributed by atoms with Gasteiger partial charge in [-0.05, 0) is 23.6 Å². The topological polar surface area (TPSA) is 29.1 Å². The maximum atomic E-state index is 11.5. The van der Waals surface area contributed by atoms with Crippen LogP contribution in [0.25, 0.3) is 0 Å². The van der Waals surface area contributed by atoms with E-state index in [1.807, 2.05) is 47.8 Å². The van der Waals surface area contributed by atoms with Crippen LogP contribution in [0.4, 0.5) is 0 Å². The number of carbonyl (C=O) groups excluding carboxylic acids is 1. The summed E-state index contributed by atoms with van der Waals surface area (Å²) >= 11 is 1.59. The fourth-order valence-corrected chi connectivity index (χ4v) is 2.15. The number of rotatable bonds is 3. The molecule has 1 aromatic carbocycles. The summed E-state index contributed by atoms with van der Waals surface area (Å²) in [7, 11) is 0. The van der Waals surface area contributed by atoms with Gasteiger partial charge in [-0.1, -0.05) is 36.1 Å². The molecule has 2 rings (SSSR count). The lowest BCUT2D eigenvalue weighted by molar-refractivity contribution is -0.120. The first-order valence-corrected chi connectivity index (χ1v) is 6.55. The lowest BCUT2D eigenvalue weighted by Gasteiger charge is -1.98. The Morgan fingerprint density at radius 2 is 2.00 bits per heavy atom. The molecule has 0 aliphatic rings. The highest BCUT2D eigenvalue weighted by Crippen LogP contribution is 2.08. The lowest BCUT2D eigenvalue weighted by atomic mass is 10.2. The number of hydrogen-bond acceptors (Lipinski definition) is 2. The van der Waals surface area contributed by atoms with E-state index >= 15 is 0 Å². The smallest absolute Gasteiger partial charge is 0.226 e. The van der Waals surface area contributed by atoms with Crippen LogP contribution in [-0.2, 0) is 11.2 Å². The summed E-state index contributed by atoms with van der Waals surface area (Å²) in [6.07, 6.45) is 0.435. The molecule has 3 heteroatoms. The first-order chi connectivity index (χ1) is 8.84. The van der Waals surface area contributed by atoms with E-state index in [1.165, 1.54) is 0 Å². The monoisotopic (exact) mass is 255 g/mol. The molecule has 18 heavy (non-hydrogen) atoms. The van der Waals surface area contributed by atoms with Crippen LogP contribution in [0.5, 0.6) is 0 Å². The molecule has 90 valence electrons. The van der Waals surface area contributed by atoms with E-state index in [0.717, 1.165) is 10.4 Å². The zero-order chi connectivity index (χ0) is 12.6. The minimum absolute atomic E-state index is 0.0137. The minimum atomic E-state index is 0.0137. The molecule has 1 heterocycles. The summed E-state index contributed by atoms with van der Waals surface area (Å²) < 4.78 is 0. The van der Waals surface area contributed by atoms with Crippen molar-refractivity contribution in [2.75, 3.05) is 6.54 Å². The van der Waals surface area contributed by atoms with Gasteiger partial charge < -0.3 is 5.32 Å². The fourth-order valence-electron chi connectivity index (χ4n) is 1.44. The Labute approximate surface area is 111 Å². The third kappa shape index (κ3) is 4.08. The van der Waals surface area contributed by atoms with Crippen molar-refractivity contribution < 1.29 is 4.79 Å². The second-order valence-corrected chi connectivity index (χ2v) is 4.73. The average molecular weight is 255 g/mol. The zero-order valence-corrected chi connectivity index (χ0v) is 10.7. The van der Waals surface area contributed by atoms with Gasteiger partial charge in [0, 0.05) is 10.4 Å². The van der Waals surface area contributed by atoms with Crippen LogP contribution < -0.4 is 5.32 Å². The molecule has 2 aromatic rings. The van der Waals surface area contributed by atoms with E-state index in [1.54, 1.807) is 11.3 Å². The summed E-state index contributed by atoms with van der Waals surface area (Å²) in [6, 6.07) is 13.6. The molecule has 0 saturated carbocycles. The van der Waals surface area contributed by atoms with Gasteiger partial charge in [-0.2, -0.15) is 0 Å². The first kappa shape index (κ1) is 12.4. The molecular formula is C15H13NOS. The second-order valence-electron chi connectivity index (χ2n) is 3.70. The van der Waals surface area contributed by atoms with E-state index in [-0.39, 0.29) is 5.91 Å². The predicted octanol–water partition coefficient (Wildman–Crippen LogP) is 2.46. The van der Waals surface area contributed by atoms with Gasteiger partial charge in [0.05, 0.1) is 13.0 Å². The summed E-state index contributed by atoms with van der Waals surface area (Å²) in [6.45, 7) is 0.388. The summed E-state index contributed by atoms with van der Waals surface area (Å²) in [5, 5.41) is 4.76. The number of amides is 1. The van der Waals surface area contributed by atoms with E-state index in [2.05, 4.69) is 17.2 Å². The van der Waals surface area contributed by atoms with Crippen molar-refractivity contribution in [3.05, 3.63) is 58.3 Å².